The number of carbonyl (C=O) groups excluding carboxylic acids is 2. The van der Waals surface area contributed by atoms with Gasteiger partial charge in [-0.25, -0.2) is 0 Å². The number of hydrogen-bond acceptors (Lipinski definition) is 4. The van der Waals surface area contributed by atoms with Crippen LogP contribution in [0.2, 0.25) is 0 Å². The Kier molecular flexibility index (Phi) is 4.51. The molecule has 3 saturated heterocycles. The van der Waals surface area contributed by atoms with Gasteiger partial charge >= 0.3 is 0 Å². The van der Waals surface area contributed by atoms with Crippen LogP contribution in [0.4, 0.5) is 0 Å². The molecule has 1 aromatic carbocycles. The van der Waals surface area contributed by atoms with Gasteiger partial charge in [-0.05, 0) is 49.8 Å². The van der Waals surface area contributed by atoms with Crippen LogP contribution >= 0.6 is 0 Å². The monoisotopic (exact) mass is 358 g/mol. The molecule has 0 aromatic heterocycles. The van der Waals surface area contributed by atoms with Gasteiger partial charge in [-0.15, -0.1) is 0 Å². The molecule has 2 bridgehead atoms. The lowest BCUT2D eigenvalue weighted by Gasteiger charge is -2.36. The highest BCUT2D eigenvalue weighted by Crippen LogP contribution is 2.36. The lowest BCUT2D eigenvalue weighted by Crippen LogP contribution is -2.48. The van der Waals surface area contributed by atoms with E-state index in [4.69, 9.17) is 9.47 Å². The maximum Gasteiger partial charge on any atom is 0.257 e. The lowest BCUT2D eigenvalue weighted by molar-refractivity contribution is -0.140. The smallest absolute Gasteiger partial charge is 0.257 e. The SMILES string of the molecule is COc1ccc(OC)c(C(=O)N2C[C@@H]3CC[C@H](C2)N(CC2CC2)C3=O)c1. The second-order valence-electron chi connectivity index (χ2n) is 7.64. The van der Waals surface area contributed by atoms with Crippen LogP contribution in [-0.2, 0) is 4.79 Å². The summed E-state index contributed by atoms with van der Waals surface area (Å²) in [6.07, 6.45) is 4.32. The van der Waals surface area contributed by atoms with E-state index >= 15 is 0 Å². The van der Waals surface area contributed by atoms with Gasteiger partial charge < -0.3 is 19.3 Å². The van der Waals surface area contributed by atoms with E-state index in [0.29, 0.717) is 36.1 Å². The molecule has 6 nitrogen and oxygen atoms in total. The highest BCUT2D eigenvalue weighted by atomic mass is 16.5. The molecule has 3 heterocycles. The van der Waals surface area contributed by atoms with Crippen LogP contribution < -0.4 is 9.47 Å². The van der Waals surface area contributed by atoms with Crippen LogP contribution in [0.5, 0.6) is 11.5 Å². The number of carbonyl (C=O) groups is 2. The average Bonchev–Trinajstić information content (AvgIpc) is 3.50. The summed E-state index contributed by atoms with van der Waals surface area (Å²) in [5.74, 6) is 1.90. The van der Waals surface area contributed by atoms with Crippen LogP contribution in [-0.4, -0.2) is 61.5 Å². The fraction of sp³-hybridized carbons (Fsp3) is 0.600. The second-order valence-corrected chi connectivity index (χ2v) is 7.64. The van der Waals surface area contributed by atoms with Crippen LogP contribution in [0.25, 0.3) is 0 Å². The van der Waals surface area contributed by atoms with Crippen molar-refractivity contribution in [2.24, 2.45) is 11.8 Å². The van der Waals surface area contributed by atoms with Gasteiger partial charge in [0.05, 0.1) is 25.7 Å². The second kappa shape index (κ2) is 6.82. The molecule has 0 spiro atoms. The minimum atomic E-state index is -0.0845. The number of amides is 2. The Morgan fingerprint density at radius 2 is 1.92 bits per heavy atom. The van der Waals surface area contributed by atoms with Gasteiger partial charge in [-0.1, -0.05) is 0 Å². The third-order valence-electron chi connectivity index (χ3n) is 5.87. The first-order valence-electron chi connectivity index (χ1n) is 9.42. The summed E-state index contributed by atoms with van der Waals surface area (Å²) in [7, 11) is 3.14. The van der Waals surface area contributed by atoms with Crippen molar-refractivity contribution >= 4 is 11.8 Å². The average molecular weight is 358 g/mol. The van der Waals surface area contributed by atoms with Crippen molar-refractivity contribution in [2.45, 2.75) is 31.7 Å². The Morgan fingerprint density at radius 1 is 1.12 bits per heavy atom. The van der Waals surface area contributed by atoms with E-state index in [-0.39, 0.29) is 23.8 Å². The standard InChI is InChI=1S/C20H26N2O4/c1-25-16-7-8-18(26-2)17(9-16)20(24)21-11-14-5-6-15(12-21)22(19(14)23)10-13-3-4-13/h7-9,13-15H,3-6,10-12H2,1-2H3/t14-,15+/m0/s1. The molecule has 5 rings (SSSR count). The molecular weight excluding hydrogens is 332 g/mol. The Balaban J connectivity index is 1.58. The van der Waals surface area contributed by atoms with Gasteiger partial charge in [0, 0.05) is 25.7 Å². The molecule has 0 radical (unpaired) electrons. The largest absolute Gasteiger partial charge is 0.497 e. The van der Waals surface area contributed by atoms with Crippen molar-refractivity contribution in [3.05, 3.63) is 23.8 Å². The van der Waals surface area contributed by atoms with Gasteiger partial charge in [-0.3, -0.25) is 9.59 Å². The molecule has 0 N–H and O–H groups in total. The summed E-state index contributed by atoms with van der Waals surface area (Å²) in [6.45, 7) is 1.97. The third kappa shape index (κ3) is 3.13. The van der Waals surface area contributed by atoms with E-state index < -0.39 is 0 Å². The zero-order chi connectivity index (χ0) is 18.3. The zero-order valence-electron chi connectivity index (χ0n) is 15.4. The number of methoxy groups -OCH3 is 2. The molecule has 2 amide bonds. The summed E-state index contributed by atoms with van der Waals surface area (Å²) in [6, 6.07) is 5.39. The molecule has 26 heavy (non-hydrogen) atoms. The molecule has 1 saturated carbocycles. The maximum atomic E-state index is 13.2. The van der Waals surface area contributed by atoms with Crippen LogP contribution in [0, 0.1) is 11.8 Å². The van der Waals surface area contributed by atoms with Crippen molar-refractivity contribution in [3.8, 4) is 11.5 Å². The molecule has 2 atom stereocenters. The van der Waals surface area contributed by atoms with Crippen molar-refractivity contribution < 1.29 is 19.1 Å². The lowest BCUT2D eigenvalue weighted by atomic mass is 9.94. The first-order chi connectivity index (χ1) is 12.6. The Bertz CT molecular complexity index is 716. The van der Waals surface area contributed by atoms with E-state index in [1.54, 1.807) is 32.4 Å². The number of piperidine rings is 1. The minimum Gasteiger partial charge on any atom is -0.497 e. The molecule has 140 valence electrons. The molecule has 3 aliphatic heterocycles. The highest BCUT2D eigenvalue weighted by molar-refractivity contribution is 5.98. The van der Waals surface area contributed by atoms with Crippen molar-refractivity contribution in [2.75, 3.05) is 33.9 Å². The minimum absolute atomic E-state index is 0.0759. The third-order valence-corrected chi connectivity index (χ3v) is 5.87. The van der Waals surface area contributed by atoms with E-state index in [0.717, 1.165) is 19.4 Å². The molecule has 1 aromatic rings. The topological polar surface area (TPSA) is 59.1 Å². The number of benzene rings is 1. The molecular formula is C20H26N2O4. The van der Waals surface area contributed by atoms with Crippen LogP contribution in [0.15, 0.2) is 18.2 Å². The van der Waals surface area contributed by atoms with E-state index in [9.17, 15) is 9.59 Å². The highest BCUT2D eigenvalue weighted by Gasteiger charge is 2.43. The summed E-state index contributed by atoms with van der Waals surface area (Å²) in [5, 5.41) is 0. The fourth-order valence-corrected chi connectivity index (χ4v) is 4.18. The summed E-state index contributed by atoms with van der Waals surface area (Å²) >= 11 is 0. The normalized spacial score (nSPS) is 25.2. The quantitative estimate of drug-likeness (QED) is 0.809. The van der Waals surface area contributed by atoms with Gasteiger partial charge in [0.25, 0.3) is 5.91 Å². The predicted octanol–water partition coefficient (Wildman–Crippen LogP) is 2.18. The van der Waals surface area contributed by atoms with Gasteiger partial charge in [0.1, 0.15) is 11.5 Å². The molecule has 4 fully saturated rings. The van der Waals surface area contributed by atoms with Crippen molar-refractivity contribution in [3.63, 3.8) is 0 Å². The van der Waals surface area contributed by atoms with Gasteiger partial charge in [0.15, 0.2) is 0 Å². The van der Waals surface area contributed by atoms with E-state index in [2.05, 4.69) is 4.90 Å². The number of fused-ring (bicyclic) bond motifs is 4. The predicted molar refractivity (Wildman–Crippen MR) is 96.4 cm³/mol. The van der Waals surface area contributed by atoms with Gasteiger partial charge in [-0.2, -0.15) is 0 Å². The van der Waals surface area contributed by atoms with Crippen LogP contribution in [0.3, 0.4) is 0 Å². The van der Waals surface area contributed by atoms with Crippen LogP contribution in [0.1, 0.15) is 36.0 Å². The summed E-state index contributed by atoms with van der Waals surface area (Å²) in [5.41, 5.74) is 0.495. The first-order valence-corrected chi connectivity index (χ1v) is 9.42. The molecule has 6 heteroatoms. The number of nitrogens with zero attached hydrogens (tertiary/aromatic N) is 2. The fourth-order valence-electron chi connectivity index (χ4n) is 4.18. The van der Waals surface area contributed by atoms with Crippen molar-refractivity contribution in [1.82, 2.24) is 9.80 Å². The van der Waals surface area contributed by atoms with E-state index in [1.807, 2.05) is 4.90 Å². The Hall–Kier alpha value is -2.24. The molecule has 1 aliphatic carbocycles. The molecule has 0 unspecified atom stereocenters. The zero-order valence-corrected chi connectivity index (χ0v) is 15.4. The maximum absolute atomic E-state index is 13.2. The molecule has 4 aliphatic rings. The number of rotatable bonds is 5. The number of ether oxygens (including phenoxy) is 2. The Labute approximate surface area is 154 Å². The summed E-state index contributed by atoms with van der Waals surface area (Å²) in [4.78, 5) is 30.0. The van der Waals surface area contributed by atoms with Crippen molar-refractivity contribution in [1.29, 1.82) is 0 Å². The first kappa shape index (κ1) is 17.2. The van der Waals surface area contributed by atoms with Gasteiger partial charge in [0.2, 0.25) is 5.91 Å². The van der Waals surface area contributed by atoms with E-state index in [1.165, 1.54) is 12.8 Å². The number of hydrogen-bond donors (Lipinski definition) is 0. The Morgan fingerprint density at radius 3 is 2.62 bits per heavy atom. The summed E-state index contributed by atoms with van der Waals surface area (Å²) < 4.78 is 10.6.